The standard InChI is InChI=1S/C33H42F4O/c1-3-4-5-6-21-38-29-20-17-26(30(34)33(29)37)16-11-23-9-14-25(15-10-23)28-19-18-27(31(35)32(28)36)24-12-7-22(2)8-13-24/h11,16-20,22-25H,3-10,12-15,21H2,1-2H3/b16-11+. The van der Waals surface area contributed by atoms with Gasteiger partial charge < -0.3 is 4.74 Å². The van der Waals surface area contributed by atoms with Gasteiger partial charge in [0.15, 0.2) is 23.2 Å². The first-order valence-electron chi connectivity index (χ1n) is 14.7. The van der Waals surface area contributed by atoms with E-state index < -0.39 is 23.3 Å². The minimum absolute atomic E-state index is 0.0162. The highest BCUT2D eigenvalue weighted by Gasteiger charge is 2.28. The van der Waals surface area contributed by atoms with Crippen molar-refractivity contribution in [1.29, 1.82) is 0 Å². The first-order chi connectivity index (χ1) is 18.4. The highest BCUT2D eigenvalue weighted by Crippen LogP contribution is 2.41. The molecule has 5 heteroatoms. The number of ether oxygens (including phenoxy) is 1. The molecule has 2 aliphatic rings. The molecule has 208 valence electrons. The summed E-state index contributed by atoms with van der Waals surface area (Å²) in [6, 6.07) is 6.66. The topological polar surface area (TPSA) is 9.23 Å². The zero-order chi connectivity index (χ0) is 27.1. The number of hydrogen-bond donors (Lipinski definition) is 0. The summed E-state index contributed by atoms with van der Waals surface area (Å²) >= 11 is 0. The molecule has 0 atom stereocenters. The average molecular weight is 531 g/mol. The van der Waals surface area contributed by atoms with Crippen LogP contribution < -0.4 is 4.74 Å². The molecule has 0 unspecified atom stereocenters. The fraction of sp³-hybridized carbons (Fsp3) is 0.576. The Hall–Kier alpha value is -2.30. The van der Waals surface area contributed by atoms with Gasteiger partial charge in [0.05, 0.1) is 6.61 Å². The van der Waals surface area contributed by atoms with Crippen molar-refractivity contribution in [3.8, 4) is 5.75 Å². The zero-order valence-electron chi connectivity index (χ0n) is 22.9. The lowest BCUT2D eigenvalue weighted by atomic mass is 9.76. The van der Waals surface area contributed by atoms with Gasteiger partial charge in [-0.2, -0.15) is 4.39 Å². The van der Waals surface area contributed by atoms with E-state index in [1.807, 2.05) is 12.1 Å². The molecule has 0 heterocycles. The van der Waals surface area contributed by atoms with E-state index in [4.69, 9.17) is 4.74 Å². The molecule has 2 aromatic carbocycles. The second-order valence-corrected chi connectivity index (χ2v) is 11.5. The van der Waals surface area contributed by atoms with Gasteiger partial charge in [-0.15, -0.1) is 0 Å². The summed E-state index contributed by atoms with van der Waals surface area (Å²) in [6.07, 6.45) is 14.7. The van der Waals surface area contributed by atoms with Gasteiger partial charge in [0.25, 0.3) is 0 Å². The van der Waals surface area contributed by atoms with E-state index in [1.165, 1.54) is 6.07 Å². The summed E-state index contributed by atoms with van der Waals surface area (Å²) in [6.45, 7) is 4.71. The van der Waals surface area contributed by atoms with Crippen LogP contribution >= 0.6 is 0 Å². The molecule has 0 N–H and O–H groups in total. The molecule has 2 fully saturated rings. The lowest BCUT2D eigenvalue weighted by Crippen LogP contribution is -2.16. The molecule has 0 aromatic heterocycles. The van der Waals surface area contributed by atoms with Crippen molar-refractivity contribution in [2.24, 2.45) is 11.8 Å². The van der Waals surface area contributed by atoms with Gasteiger partial charge in [-0.3, -0.25) is 0 Å². The molecule has 1 nitrogen and oxygen atoms in total. The third-order valence-electron chi connectivity index (χ3n) is 8.69. The van der Waals surface area contributed by atoms with Crippen molar-refractivity contribution in [1.82, 2.24) is 0 Å². The lowest BCUT2D eigenvalue weighted by molar-refractivity contribution is 0.285. The highest BCUT2D eigenvalue weighted by molar-refractivity contribution is 5.52. The van der Waals surface area contributed by atoms with Crippen molar-refractivity contribution in [2.75, 3.05) is 6.61 Å². The van der Waals surface area contributed by atoms with E-state index in [0.29, 0.717) is 23.7 Å². The average Bonchev–Trinajstić information content (AvgIpc) is 2.93. The van der Waals surface area contributed by atoms with E-state index in [2.05, 4.69) is 13.8 Å². The molecule has 0 bridgehead atoms. The number of hydrogen-bond acceptors (Lipinski definition) is 1. The summed E-state index contributed by atoms with van der Waals surface area (Å²) in [5.74, 6) is -2.27. The number of benzene rings is 2. The van der Waals surface area contributed by atoms with Crippen molar-refractivity contribution >= 4 is 6.08 Å². The smallest absolute Gasteiger partial charge is 0.201 e. The maximum absolute atomic E-state index is 15.1. The number of unbranched alkanes of at least 4 members (excludes halogenated alkanes) is 3. The Labute approximate surface area is 225 Å². The van der Waals surface area contributed by atoms with Crippen LogP contribution in [0.5, 0.6) is 5.75 Å². The molecule has 0 amide bonds. The van der Waals surface area contributed by atoms with Gasteiger partial charge in [-0.25, -0.2) is 13.2 Å². The summed E-state index contributed by atoms with van der Waals surface area (Å²) in [5, 5.41) is 0. The molecular weight excluding hydrogens is 488 g/mol. The SMILES string of the molecule is CCCCCCOc1ccc(/C=C/C2CCC(c3ccc(C4CCC(C)CC4)c(F)c3F)CC2)c(F)c1F. The van der Waals surface area contributed by atoms with E-state index >= 15 is 8.78 Å². The summed E-state index contributed by atoms with van der Waals surface area (Å²) < 4.78 is 64.7. The maximum Gasteiger partial charge on any atom is 0.201 e. The van der Waals surface area contributed by atoms with Crippen molar-refractivity contribution < 1.29 is 22.3 Å². The molecule has 0 saturated heterocycles. The van der Waals surface area contributed by atoms with Gasteiger partial charge in [0.2, 0.25) is 5.82 Å². The van der Waals surface area contributed by atoms with Crippen molar-refractivity contribution in [2.45, 2.75) is 103 Å². The predicted octanol–water partition coefficient (Wildman–Crippen LogP) is 10.5. The van der Waals surface area contributed by atoms with Gasteiger partial charge in [0, 0.05) is 5.56 Å². The minimum Gasteiger partial charge on any atom is -0.490 e. The van der Waals surface area contributed by atoms with E-state index in [9.17, 15) is 8.78 Å². The van der Waals surface area contributed by atoms with Gasteiger partial charge in [-0.1, -0.05) is 70.2 Å². The Kier molecular flexibility index (Phi) is 10.3. The van der Waals surface area contributed by atoms with Gasteiger partial charge in [0.1, 0.15) is 0 Å². The summed E-state index contributed by atoms with van der Waals surface area (Å²) in [7, 11) is 0. The molecule has 0 aliphatic heterocycles. The third kappa shape index (κ3) is 7.01. The normalized spacial score (nSPS) is 24.2. The van der Waals surface area contributed by atoms with Crippen LogP contribution in [-0.4, -0.2) is 6.61 Å². The summed E-state index contributed by atoms with van der Waals surface area (Å²) in [5.41, 5.74) is 1.22. The fourth-order valence-electron chi connectivity index (χ4n) is 6.14. The van der Waals surface area contributed by atoms with Crippen LogP contribution in [0.15, 0.2) is 30.3 Å². The predicted molar refractivity (Wildman–Crippen MR) is 146 cm³/mol. The quantitative estimate of drug-likeness (QED) is 0.219. The Morgan fingerprint density at radius 1 is 0.711 bits per heavy atom. The van der Waals surface area contributed by atoms with Crippen LogP contribution in [-0.2, 0) is 0 Å². The molecule has 38 heavy (non-hydrogen) atoms. The largest absolute Gasteiger partial charge is 0.490 e. The number of allylic oxidation sites excluding steroid dienone is 1. The maximum atomic E-state index is 15.1. The first kappa shape index (κ1) is 28.7. The van der Waals surface area contributed by atoms with Crippen LogP contribution in [0, 0.1) is 35.1 Å². The van der Waals surface area contributed by atoms with Crippen molar-refractivity contribution in [3.63, 3.8) is 0 Å². The minimum atomic E-state index is -0.949. The van der Waals surface area contributed by atoms with Gasteiger partial charge in [-0.05, 0) is 91.9 Å². The summed E-state index contributed by atoms with van der Waals surface area (Å²) in [4.78, 5) is 0. The highest BCUT2D eigenvalue weighted by atomic mass is 19.2. The molecule has 0 radical (unpaired) electrons. The van der Waals surface area contributed by atoms with E-state index in [-0.39, 0.29) is 29.1 Å². The van der Waals surface area contributed by atoms with Crippen LogP contribution in [0.4, 0.5) is 17.6 Å². The Morgan fingerprint density at radius 2 is 1.32 bits per heavy atom. The van der Waals surface area contributed by atoms with E-state index in [1.54, 1.807) is 18.2 Å². The second kappa shape index (κ2) is 13.7. The van der Waals surface area contributed by atoms with Crippen LogP contribution in [0.3, 0.4) is 0 Å². The monoisotopic (exact) mass is 530 g/mol. The number of halogens is 4. The van der Waals surface area contributed by atoms with E-state index in [0.717, 1.165) is 77.0 Å². The Bertz CT molecular complexity index is 1080. The van der Waals surface area contributed by atoms with Crippen LogP contribution in [0.1, 0.15) is 119 Å². The second-order valence-electron chi connectivity index (χ2n) is 11.5. The molecule has 2 saturated carbocycles. The lowest BCUT2D eigenvalue weighted by Gasteiger charge is -2.29. The first-order valence-corrected chi connectivity index (χ1v) is 14.7. The Balaban J connectivity index is 1.32. The van der Waals surface area contributed by atoms with Crippen molar-refractivity contribution in [3.05, 3.63) is 70.3 Å². The molecule has 4 rings (SSSR count). The van der Waals surface area contributed by atoms with Crippen LogP contribution in [0.25, 0.3) is 6.08 Å². The Morgan fingerprint density at radius 3 is 1.92 bits per heavy atom. The van der Waals surface area contributed by atoms with Gasteiger partial charge >= 0.3 is 0 Å². The number of rotatable bonds is 10. The zero-order valence-corrected chi connectivity index (χ0v) is 22.9. The fourth-order valence-corrected chi connectivity index (χ4v) is 6.14. The third-order valence-corrected chi connectivity index (χ3v) is 8.69. The molecule has 0 spiro atoms. The molecule has 2 aromatic rings. The molecule has 2 aliphatic carbocycles. The van der Waals surface area contributed by atoms with Crippen LogP contribution in [0.2, 0.25) is 0 Å². The molecular formula is C33H42F4O.